The largest absolute Gasteiger partial charge is 0.493 e. The number of guanidine groups is 1. The summed E-state index contributed by atoms with van der Waals surface area (Å²) >= 11 is 0. The number of methoxy groups -OCH3 is 1. The van der Waals surface area contributed by atoms with Crippen LogP contribution in [0.15, 0.2) is 53.5 Å². The maximum Gasteiger partial charge on any atom is 0.251 e. The van der Waals surface area contributed by atoms with Crippen molar-refractivity contribution in [1.82, 2.24) is 10.6 Å². The third-order valence-electron chi connectivity index (χ3n) is 4.65. The first-order valence-electron chi connectivity index (χ1n) is 11.3. The quantitative estimate of drug-likeness (QED) is 0.140. The highest BCUT2D eigenvalue weighted by Gasteiger charge is 2.05. The van der Waals surface area contributed by atoms with E-state index in [2.05, 4.69) is 27.9 Å². The first-order valence-corrected chi connectivity index (χ1v) is 11.3. The zero-order chi connectivity index (χ0) is 23.0. The Morgan fingerprint density at radius 3 is 2.48 bits per heavy atom. The Kier molecular flexibility index (Phi) is 14.9. The molecule has 0 atom stereocenters. The Hall–Kier alpha value is -2.33. The van der Waals surface area contributed by atoms with Crippen molar-refractivity contribution >= 4 is 41.5 Å². The van der Waals surface area contributed by atoms with Gasteiger partial charge in [0.2, 0.25) is 0 Å². The number of hydrogen-bond donors (Lipinski definition) is 3. The van der Waals surface area contributed by atoms with Gasteiger partial charge in [-0.2, -0.15) is 0 Å². The highest BCUT2D eigenvalue weighted by atomic mass is 127. The number of benzene rings is 2. The minimum atomic E-state index is -0.0344. The van der Waals surface area contributed by atoms with Crippen LogP contribution in [0.5, 0.6) is 5.75 Å². The summed E-state index contributed by atoms with van der Waals surface area (Å²) in [4.78, 5) is 16.8. The Morgan fingerprint density at radius 1 is 1.00 bits per heavy atom. The van der Waals surface area contributed by atoms with E-state index >= 15 is 0 Å². The number of amides is 1. The maximum absolute atomic E-state index is 12.1. The second-order valence-corrected chi connectivity index (χ2v) is 7.35. The van der Waals surface area contributed by atoms with Crippen LogP contribution < -0.4 is 20.7 Å². The average molecular weight is 569 g/mol. The van der Waals surface area contributed by atoms with E-state index in [1.165, 1.54) is 0 Å². The van der Waals surface area contributed by atoms with Gasteiger partial charge in [-0.3, -0.25) is 4.79 Å². The van der Waals surface area contributed by atoms with Crippen LogP contribution in [0.3, 0.4) is 0 Å². The van der Waals surface area contributed by atoms with Gasteiger partial charge in [-0.1, -0.05) is 31.5 Å². The summed E-state index contributed by atoms with van der Waals surface area (Å²) in [5.74, 6) is 1.45. The van der Waals surface area contributed by atoms with Crippen LogP contribution >= 0.6 is 24.0 Å². The van der Waals surface area contributed by atoms with Gasteiger partial charge < -0.3 is 25.4 Å². The molecule has 0 saturated heterocycles. The Morgan fingerprint density at radius 2 is 1.79 bits per heavy atom. The Bertz CT molecular complexity index is 844. The van der Waals surface area contributed by atoms with Crippen molar-refractivity contribution in [3.63, 3.8) is 0 Å². The second-order valence-electron chi connectivity index (χ2n) is 7.35. The summed E-state index contributed by atoms with van der Waals surface area (Å²) in [7, 11) is 1.69. The lowest BCUT2D eigenvalue weighted by atomic mass is 10.1. The second kappa shape index (κ2) is 17.2. The lowest BCUT2D eigenvalue weighted by molar-refractivity contribution is 0.0953. The fourth-order valence-electron chi connectivity index (χ4n) is 2.91. The van der Waals surface area contributed by atoms with E-state index < -0.39 is 0 Å². The molecule has 2 rings (SSSR count). The number of aliphatic imine (C=N–C) groups is 1. The molecule has 0 radical (unpaired) electrons. The normalized spacial score (nSPS) is 10.8. The number of nitrogens with one attached hydrogen (secondary N) is 3. The molecular weight excluding hydrogens is 531 g/mol. The fraction of sp³-hybridized carbons (Fsp3) is 0.440. The van der Waals surface area contributed by atoms with Crippen molar-refractivity contribution in [3.8, 4) is 5.75 Å². The molecule has 2 aromatic carbocycles. The Labute approximate surface area is 214 Å². The monoisotopic (exact) mass is 568 g/mol. The van der Waals surface area contributed by atoms with Crippen LogP contribution in [-0.4, -0.2) is 45.3 Å². The van der Waals surface area contributed by atoms with Gasteiger partial charge in [-0.15, -0.1) is 24.0 Å². The molecule has 33 heavy (non-hydrogen) atoms. The molecule has 1 amide bonds. The van der Waals surface area contributed by atoms with Gasteiger partial charge in [-0.05, 0) is 43.2 Å². The molecule has 2 aromatic rings. The summed E-state index contributed by atoms with van der Waals surface area (Å²) in [6.07, 6.45) is 2.89. The molecule has 0 aromatic heterocycles. The predicted molar refractivity (Wildman–Crippen MR) is 146 cm³/mol. The van der Waals surface area contributed by atoms with E-state index in [0.717, 1.165) is 42.8 Å². The number of ether oxygens (including phenoxy) is 2. The molecule has 0 aliphatic rings. The van der Waals surface area contributed by atoms with E-state index in [-0.39, 0.29) is 29.9 Å². The summed E-state index contributed by atoms with van der Waals surface area (Å²) in [6, 6.07) is 15.4. The van der Waals surface area contributed by atoms with E-state index in [4.69, 9.17) is 9.47 Å². The Balaban J connectivity index is 0.00000544. The van der Waals surface area contributed by atoms with Gasteiger partial charge in [-0.25, -0.2) is 4.99 Å². The van der Waals surface area contributed by atoms with Crippen LogP contribution in [0.1, 0.15) is 49.0 Å². The third-order valence-corrected chi connectivity index (χ3v) is 4.65. The molecule has 0 aliphatic heterocycles. The molecule has 0 unspecified atom stereocenters. The standard InChI is InChI=1S/C25H36N4O3.HI/c1-4-6-15-27-24(30)21-13-11-20(12-14-21)19-28-25(26-5-2)29-22-9-7-10-23(18-22)32-17-8-16-31-3;/h7,9-14,18H,4-6,8,15-17,19H2,1-3H3,(H,27,30)(H2,26,28,29);1H. The van der Waals surface area contributed by atoms with Crippen LogP contribution in [0.4, 0.5) is 5.69 Å². The fourth-order valence-corrected chi connectivity index (χ4v) is 2.91. The molecule has 3 N–H and O–H groups in total. The summed E-state index contributed by atoms with van der Waals surface area (Å²) in [5.41, 5.74) is 2.59. The van der Waals surface area contributed by atoms with Gasteiger partial charge in [0.1, 0.15) is 5.75 Å². The molecule has 7 nitrogen and oxygen atoms in total. The van der Waals surface area contributed by atoms with E-state index in [1.54, 1.807) is 7.11 Å². The van der Waals surface area contributed by atoms with Crippen molar-refractivity contribution in [2.24, 2.45) is 4.99 Å². The van der Waals surface area contributed by atoms with Crippen LogP contribution in [-0.2, 0) is 11.3 Å². The summed E-state index contributed by atoms with van der Waals surface area (Å²) in [5, 5.41) is 9.51. The van der Waals surface area contributed by atoms with Gasteiger partial charge in [0.25, 0.3) is 5.91 Å². The number of hydrogen-bond acceptors (Lipinski definition) is 4. The molecule has 0 bridgehead atoms. The number of carbonyl (C=O) groups excluding carboxylic acids is 1. The van der Waals surface area contributed by atoms with Gasteiger partial charge in [0, 0.05) is 50.5 Å². The van der Waals surface area contributed by atoms with E-state index in [1.807, 2.05) is 55.5 Å². The molecule has 0 heterocycles. The van der Waals surface area contributed by atoms with Crippen molar-refractivity contribution in [1.29, 1.82) is 0 Å². The molecule has 0 saturated carbocycles. The maximum atomic E-state index is 12.1. The summed E-state index contributed by atoms with van der Waals surface area (Å²) in [6.45, 7) is 7.37. The zero-order valence-corrected chi connectivity index (χ0v) is 22.2. The first-order chi connectivity index (χ1) is 15.7. The number of anilines is 1. The highest BCUT2D eigenvalue weighted by Crippen LogP contribution is 2.17. The van der Waals surface area contributed by atoms with Gasteiger partial charge >= 0.3 is 0 Å². The first kappa shape index (κ1) is 28.7. The van der Waals surface area contributed by atoms with E-state index in [9.17, 15) is 4.79 Å². The highest BCUT2D eigenvalue weighted by molar-refractivity contribution is 14.0. The topological polar surface area (TPSA) is 84.0 Å². The minimum absolute atomic E-state index is 0. The number of rotatable bonds is 13. The van der Waals surface area contributed by atoms with Crippen LogP contribution in [0.25, 0.3) is 0 Å². The number of nitrogens with zero attached hydrogens (tertiary/aromatic N) is 1. The summed E-state index contributed by atoms with van der Waals surface area (Å²) < 4.78 is 10.8. The predicted octanol–water partition coefficient (Wildman–Crippen LogP) is 4.83. The van der Waals surface area contributed by atoms with Gasteiger partial charge in [0.15, 0.2) is 5.96 Å². The van der Waals surface area contributed by atoms with Crippen LogP contribution in [0, 0.1) is 0 Å². The molecule has 8 heteroatoms. The van der Waals surface area contributed by atoms with Crippen LogP contribution in [0.2, 0.25) is 0 Å². The van der Waals surface area contributed by atoms with Gasteiger partial charge in [0.05, 0.1) is 13.2 Å². The van der Waals surface area contributed by atoms with Crippen molar-refractivity contribution in [2.45, 2.75) is 39.7 Å². The minimum Gasteiger partial charge on any atom is -0.493 e. The number of halogens is 1. The zero-order valence-electron chi connectivity index (χ0n) is 19.9. The molecule has 0 spiro atoms. The number of unbranched alkanes of at least 4 members (excludes halogenated alkanes) is 1. The SMILES string of the molecule is CCCCNC(=O)c1ccc(CN=C(NCC)Nc2cccc(OCCCOC)c2)cc1.I. The van der Waals surface area contributed by atoms with Crippen molar-refractivity contribution in [3.05, 3.63) is 59.7 Å². The van der Waals surface area contributed by atoms with Crippen molar-refractivity contribution in [2.75, 3.05) is 38.7 Å². The third kappa shape index (κ3) is 11.4. The van der Waals surface area contributed by atoms with Crippen molar-refractivity contribution < 1.29 is 14.3 Å². The molecular formula is C25H37IN4O3. The molecule has 0 fully saturated rings. The lowest BCUT2D eigenvalue weighted by Crippen LogP contribution is -2.30. The molecule has 182 valence electrons. The van der Waals surface area contributed by atoms with E-state index in [0.29, 0.717) is 37.8 Å². The smallest absolute Gasteiger partial charge is 0.251 e. The lowest BCUT2D eigenvalue weighted by Gasteiger charge is -2.13. The average Bonchev–Trinajstić information content (AvgIpc) is 2.81. The molecule has 0 aliphatic carbocycles. The number of carbonyl (C=O) groups is 1.